The van der Waals surface area contributed by atoms with Gasteiger partial charge in [0.15, 0.2) is 6.61 Å². The summed E-state index contributed by atoms with van der Waals surface area (Å²) >= 11 is 0. The van der Waals surface area contributed by atoms with Crippen molar-refractivity contribution in [2.45, 2.75) is 6.54 Å². The van der Waals surface area contributed by atoms with Crippen LogP contribution in [-0.2, 0) is 18.4 Å². The lowest BCUT2D eigenvalue weighted by Crippen LogP contribution is -2.25. The number of carbonyl (C=O) groups is 2. The highest BCUT2D eigenvalue weighted by atomic mass is 35.5. The number of aromatic carboxylic acids is 1. The Bertz CT molecular complexity index is 1130. The molecule has 0 aliphatic carbocycles. The summed E-state index contributed by atoms with van der Waals surface area (Å²) < 4.78 is 6.21. The molecule has 0 saturated heterocycles. The number of fused-ring (bicyclic) bond motifs is 2. The number of hydrogen-bond acceptors (Lipinski definition) is 6. The molecule has 29 heavy (non-hydrogen) atoms. The summed E-state index contributed by atoms with van der Waals surface area (Å²) in [6.07, 6.45) is 0. The molecule has 0 bridgehead atoms. The average Bonchev–Trinajstić information content (AvgIpc) is 2.70. The number of nitrogens with one attached hydrogen (secondary N) is 1. The third-order valence-electron chi connectivity index (χ3n) is 4.09. The van der Waals surface area contributed by atoms with E-state index >= 15 is 0 Å². The van der Waals surface area contributed by atoms with E-state index < -0.39 is 5.97 Å². The topological polar surface area (TPSA) is 137 Å². The maximum Gasteiger partial charge on any atom is 0.372 e. The molecule has 10 heteroatoms. The number of nitrogens with two attached hydrogens (primary N) is 1. The first-order valence-corrected chi connectivity index (χ1v) is 8.35. The standard InChI is InChI=1S/C10H8N2O3.C9H10N2O2.ClH/c1-12-8(10(14)15)11-7-5-3-2-4-6(7)9(12)13;10-4-6-1-2-8-7(3-6)11-9(12)5-13-8;/h2-5H,1H3,(H,14,15);1-3H,4-5,10H2,(H,11,12);1H. The summed E-state index contributed by atoms with van der Waals surface area (Å²) in [7, 11) is 1.39. The number of carboxylic acid groups (broad SMARTS) is 1. The first-order chi connectivity index (χ1) is 13.4. The molecular weight excluding hydrogens is 400 g/mol. The van der Waals surface area contributed by atoms with Crippen molar-refractivity contribution >= 4 is 40.9 Å². The Kier molecular flexibility index (Phi) is 6.92. The summed E-state index contributed by atoms with van der Waals surface area (Å²) in [5.74, 6) is -0.877. The van der Waals surface area contributed by atoms with E-state index in [2.05, 4.69) is 10.3 Å². The van der Waals surface area contributed by atoms with E-state index in [0.717, 1.165) is 10.1 Å². The maximum atomic E-state index is 11.7. The molecule has 1 aromatic heterocycles. The third-order valence-corrected chi connectivity index (χ3v) is 4.09. The molecule has 152 valence electrons. The molecule has 2 heterocycles. The lowest BCUT2D eigenvalue weighted by Gasteiger charge is -2.18. The minimum atomic E-state index is -1.21. The van der Waals surface area contributed by atoms with Crippen molar-refractivity contribution in [2.75, 3.05) is 11.9 Å². The number of carbonyl (C=O) groups excluding carboxylic acids is 1. The van der Waals surface area contributed by atoms with Gasteiger partial charge in [0.05, 0.1) is 16.6 Å². The molecule has 0 spiro atoms. The number of hydrogen-bond donors (Lipinski definition) is 3. The monoisotopic (exact) mass is 418 g/mol. The number of ether oxygens (including phenoxy) is 1. The molecule has 1 aliphatic heterocycles. The van der Waals surface area contributed by atoms with Gasteiger partial charge in [0.2, 0.25) is 5.82 Å². The number of halogens is 1. The molecule has 4 rings (SSSR count). The van der Waals surface area contributed by atoms with Crippen LogP contribution in [0, 0.1) is 0 Å². The largest absolute Gasteiger partial charge is 0.482 e. The van der Waals surface area contributed by atoms with Crippen molar-refractivity contribution in [1.29, 1.82) is 0 Å². The second-order valence-electron chi connectivity index (χ2n) is 5.99. The van der Waals surface area contributed by atoms with E-state index in [0.29, 0.717) is 28.9 Å². The van der Waals surface area contributed by atoms with Crippen LogP contribution in [0.4, 0.5) is 5.69 Å². The Morgan fingerprint density at radius 2 is 2.00 bits per heavy atom. The summed E-state index contributed by atoms with van der Waals surface area (Å²) in [5, 5.41) is 12.0. The Hall–Kier alpha value is -3.43. The fraction of sp³-hybridized carbons (Fsp3) is 0.158. The van der Waals surface area contributed by atoms with Crippen LogP contribution < -0.4 is 21.3 Å². The van der Waals surface area contributed by atoms with Gasteiger partial charge in [-0.3, -0.25) is 14.2 Å². The van der Waals surface area contributed by atoms with E-state index in [-0.39, 0.29) is 36.3 Å². The van der Waals surface area contributed by atoms with Crippen molar-refractivity contribution in [3.63, 3.8) is 0 Å². The number of rotatable bonds is 2. The van der Waals surface area contributed by atoms with Crippen LogP contribution in [-0.4, -0.2) is 33.1 Å². The van der Waals surface area contributed by atoms with E-state index in [9.17, 15) is 14.4 Å². The fourth-order valence-electron chi connectivity index (χ4n) is 2.67. The van der Waals surface area contributed by atoms with Gasteiger partial charge in [-0.1, -0.05) is 18.2 Å². The molecule has 0 radical (unpaired) electrons. The van der Waals surface area contributed by atoms with Gasteiger partial charge in [0.1, 0.15) is 5.75 Å². The number of benzene rings is 2. The predicted molar refractivity (Wildman–Crippen MR) is 110 cm³/mol. The van der Waals surface area contributed by atoms with E-state index in [1.54, 1.807) is 24.3 Å². The summed E-state index contributed by atoms with van der Waals surface area (Å²) in [6.45, 7) is 0.554. The lowest BCUT2D eigenvalue weighted by atomic mass is 10.1. The van der Waals surface area contributed by atoms with Gasteiger partial charge in [-0.2, -0.15) is 0 Å². The quantitative estimate of drug-likeness (QED) is 0.573. The van der Waals surface area contributed by atoms with Crippen LogP contribution in [0.3, 0.4) is 0 Å². The Labute approximate surface area is 171 Å². The van der Waals surface area contributed by atoms with Crippen LogP contribution in [0.15, 0.2) is 47.3 Å². The number of para-hydroxylation sites is 1. The molecule has 1 amide bonds. The highest BCUT2D eigenvalue weighted by Crippen LogP contribution is 2.28. The summed E-state index contributed by atoms with van der Waals surface area (Å²) in [4.78, 5) is 37.4. The Balaban J connectivity index is 0.000000202. The highest BCUT2D eigenvalue weighted by molar-refractivity contribution is 5.95. The molecule has 0 fully saturated rings. The SMILES string of the molecule is Cl.Cn1c(C(=O)O)nc2ccccc2c1=O.NCc1ccc2c(c1)NC(=O)CO2. The number of carboxylic acids is 1. The second-order valence-corrected chi connectivity index (χ2v) is 5.99. The van der Waals surface area contributed by atoms with E-state index in [1.807, 2.05) is 18.2 Å². The smallest absolute Gasteiger partial charge is 0.372 e. The van der Waals surface area contributed by atoms with Gasteiger partial charge in [0, 0.05) is 13.6 Å². The number of amides is 1. The van der Waals surface area contributed by atoms with Crippen molar-refractivity contribution in [1.82, 2.24) is 9.55 Å². The minimum absolute atomic E-state index is 0. The van der Waals surface area contributed by atoms with Gasteiger partial charge in [-0.25, -0.2) is 9.78 Å². The number of anilines is 1. The second kappa shape index (κ2) is 9.18. The lowest BCUT2D eigenvalue weighted by molar-refractivity contribution is -0.118. The first kappa shape index (κ1) is 21.9. The van der Waals surface area contributed by atoms with Crippen LogP contribution in [0.1, 0.15) is 16.2 Å². The van der Waals surface area contributed by atoms with Gasteiger partial charge in [-0.05, 0) is 29.8 Å². The average molecular weight is 419 g/mol. The zero-order valence-corrected chi connectivity index (χ0v) is 16.2. The number of nitrogens with zero attached hydrogens (tertiary/aromatic N) is 2. The van der Waals surface area contributed by atoms with Crippen molar-refractivity contribution in [3.8, 4) is 5.75 Å². The molecule has 1 aliphatic rings. The van der Waals surface area contributed by atoms with E-state index in [4.69, 9.17) is 15.6 Å². The zero-order chi connectivity index (χ0) is 20.3. The normalized spacial score (nSPS) is 11.9. The van der Waals surface area contributed by atoms with Crippen molar-refractivity contribution in [2.24, 2.45) is 12.8 Å². The molecule has 0 atom stereocenters. The van der Waals surface area contributed by atoms with Gasteiger partial charge < -0.3 is 20.9 Å². The highest BCUT2D eigenvalue weighted by Gasteiger charge is 2.15. The van der Waals surface area contributed by atoms with Gasteiger partial charge in [0.25, 0.3) is 11.5 Å². The van der Waals surface area contributed by atoms with Crippen LogP contribution >= 0.6 is 12.4 Å². The van der Waals surface area contributed by atoms with Gasteiger partial charge in [-0.15, -0.1) is 12.4 Å². The predicted octanol–water partition coefficient (Wildman–Crippen LogP) is 1.53. The zero-order valence-electron chi connectivity index (χ0n) is 15.4. The molecule has 4 N–H and O–H groups in total. The first-order valence-electron chi connectivity index (χ1n) is 8.35. The molecule has 3 aromatic rings. The van der Waals surface area contributed by atoms with Crippen LogP contribution in [0.25, 0.3) is 10.9 Å². The molecule has 9 nitrogen and oxygen atoms in total. The summed E-state index contributed by atoms with van der Waals surface area (Å²) in [5.41, 5.74) is 7.20. The molecular formula is C19H19ClN4O5. The molecule has 0 saturated carbocycles. The van der Waals surface area contributed by atoms with Crippen molar-refractivity contribution in [3.05, 3.63) is 64.2 Å². The molecule has 0 unspecified atom stereocenters. The maximum absolute atomic E-state index is 11.7. The summed E-state index contributed by atoms with van der Waals surface area (Å²) in [6, 6.07) is 12.2. The fourth-order valence-corrected chi connectivity index (χ4v) is 2.67. The Morgan fingerprint density at radius 1 is 1.28 bits per heavy atom. The minimum Gasteiger partial charge on any atom is -0.482 e. The van der Waals surface area contributed by atoms with Crippen LogP contribution in [0.5, 0.6) is 5.75 Å². The van der Waals surface area contributed by atoms with E-state index in [1.165, 1.54) is 7.05 Å². The third kappa shape index (κ3) is 4.71. The van der Waals surface area contributed by atoms with Crippen molar-refractivity contribution < 1.29 is 19.4 Å². The van der Waals surface area contributed by atoms with Gasteiger partial charge >= 0.3 is 5.97 Å². The molecule has 2 aromatic carbocycles. The van der Waals surface area contributed by atoms with Crippen LogP contribution in [0.2, 0.25) is 0 Å². The Morgan fingerprint density at radius 3 is 2.69 bits per heavy atom. The number of aromatic nitrogens is 2.